The molecule has 2 N–H and O–H groups in total. The highest BCUT2D eigenvalue weighted by molar-refractivity contribution is 5.80. The molecule has 0 saturated heterocycles. The second-order valence-corrected chi connectivity index (χ2v) is 7.47. The first-order valence-electron chi connectivity index (χ1n) is 10.1. The molecule has 2 atom stereocenters. The van der Waals surface area contributed by atoms with E-state index in [0.717, 1.165) is 50.1 Å². The van der Waals surface area contributed by atoms with Crippen LogP contribution in [0, 0.1) is 6.92 Å². The van der Waals surface area contributed by atoms with Crippen molar-refractivity contribution in [3.8, 4) is 0 Å². The third kappa shape index (κ3) is 5.32. The van der Waals surface area contributed by atoms with E-state index in [1.54, 1.807) is 7.11 Å². The standard InChI is InChI=1S/C21H32N6O/c1-5-22-21(23-12-16(3)17-8-6-15(2)7-9-17)24-18-10-11-20-25-19(14-28-4)26-27(20)13-18/h6-9,16,18H,5,10-14H2,1-4H3,(H2,22,23,24). The number of aromatic nitrogens is 3. The number of hydrogen-bond acceptors (Lipinski definition) is 4. The van der Waals surface area contributed by atoms with Gasteiger partial charge in [0.25, 0.3) is 0 Å². The van der Waals surface area contributed by atoms with Crippen molar-refractivity contribution < 1.29 is 4.74 Å². The molecule has 0 aliphatic carbocycles. The first-order chi connectivity index (χ1) is 13.6. The van der Waals surface area contributed by atoms with Gasteiger partial charge < -0.3 is 15.4 Å². The third-order valence-corrected chi connectivity index (χ3v) is 5.03. The monoisotopic (exact) mass is 384 g/mol. The van der Waals surface area contributed by atoms with Gasteiger partial charge in [-0.2, -0.15) is 5.10 Å². The summed E-state index contributed by atoms with van der Waals surface area (Å²) < 4.78 is 7.14. The van der Waals surface area contributed by atoms with Gasteiger partial charge in [0.1, 0.15) is 12.4 Å². The van der Waals surface area contributed by atoms with Crippen LogP contribution in [0.4, 0.5) is 0 Å². The molecule has 2 aromatic rings. The Kier molecular flexibility index (Phi) is 7.03. The number of aryl methyl sites for hydroxylation is 2. The lowest BCUT2D eigenvalue weighted by molar-refractivity contribution is 0.177. The minimum Gasteiger partial charge on any atom is -0.377 e. The summed E-state index contributed by atoms with van der Waals surface area (Å²) in [7, 11) is 1.67. The van der Waals surface area contributed by atoms with Crippen LogP contribution in [0.1, 0.15) is 49.0 Å². The van der Waals surface area contributed by atoms with Gasteiger partial charge in [0.2, 0.25) is 0 Å². The van der Waals surface area contributed by atoms with Crippen LogP contribution in [-0.4, -0.2) is 47.0 Å². The van der Waals surface area contributed by atoms with Crippen molar-refractivity contribution >= 4 is 5.96 Å². The number of fused-ring (bicyclic) bond motifs is 1. The van der Waals surface area contributed by atoms with Gasteiger partial charge in [0.15, 0.2) is 11.8 Å². The van der Waals surface area contributed by atoms with E-state index in [-0.39, 0.29) is 6.04 Å². The fourth-order valence-electron chi connectivity index (χ4n) is 3.41. The lowest BCUT2D eigenvalue weighted by atomic mass is 10.0. The molecule has 0 fully saturated rings. The number of methoxy groups -OCH3 is 1. The summed E-state index contributed by atoms with van der Waals surface area (Å²) in [5, 5.41) is 11.5. The van der Waals surface area contributed by atoms with Gasteiger partial charge in [-0.15, -0.1) is 0 Å². The van der Waals surface area contributed by atoms with Crippen LogP contribution in [0.15, 0.2) is 29.3 Å². The minimum atomic E-state index is 0.289. The van der Waals surface area contributed by atoms with E-state index in [1.165, 1.54) is 11.1 Å². The summed E-state index contributed by atoms with van der Waals surface area (Å²) in [6, 6.07) is 9.00. The summed E-state index contributed by atoms with van der Waals surface area (Å²) in [5.74, 6) is 3.04. The van der Waals surface area contributed by atoms with Crippen LogP contribution in [-0.2, 0) is 24.3 Å². The fourth-order valence-corrected chi connectivity index (χ4v) is 3.41. The number of nitrogens with zero attached hydrogens (tertiary/aromatic N) is 4. The number of rotatable bonds is 7. The van der Waals surface area contributed by atoms with E-state index in [1.807, 2.05) is 4.68 Å². The van der Waals surface area contributed by atoms with Gasteiger partial charge in [-0.05, 0) is 25.8 Å². The highest BCUT2D eigenvalue weighted by atomic mass is 16.5. The Bertz CT molecular complexity index is 783. The van der Waals surface area contributed by atoms with E-state index < -0.39 is 0 Å². The van der Waals surface area contributed by atoms with Crippen LogP contribution in [0.2, 0.25) is 0 Å². The minimum absolute atomic E-state index is 0.289. The molecule has 1 aliphatic heterocycles. The Morgan fingerprint density at radius 3 is 2.86 bits per heavy atom. The Morgan fingerprint density at radius 2 is 2.14 bits per heavy atom. The van der Waals surface area contributed by atoms with Gasteiger partial charge in [-0.1, -0.05) is 36.8 Å². The smallest absolute Gasteiger partial charge is 0.191 e. The topological polar surface area (TPSA) is 76.4 Å². The Balaban J connectivity index is 1.60. The van der Waals surface area contributed by atoms with Crippen molar-refractivity contribution in [3.63, 3.8) is 0 Å². The molecule has 3 rings (SSSR count). The van der Waals surface area contributed by atoms with Crippen molar-refractivity contribution in [3.05, 3.63) is 47.0 Å². The maximum atomic E-state index is 5.14. The van der Waals surface area contributed by atoms with Crippen molar-refractivity contribution in [2.45, 2.75) is 58.7 Å². The highest BCUT2D eigenvalue weighted by Crippen LogP contribution is 2.16. The normalized spacial score (nSPS) is 17.9. The molecule has 0 saturated carbocycles. The van der Waals surface area contributed by atoms with E-state index in [2.05, 4.69) is 65.8 Å². The zero-order valence-corrected chi connectivity index (χ0v) is 17.4. The lowest BCUT2D eigenvalue weighted by Crippen LogP contribution is -2.47. The molecule has 0 bridgehead atoms. The van der Waals surface area contributed by atoms with Gasteiger partial charge in [0, 0.05) is 38.6 Å². The van der Waals surface area contributed by atoms with Gasteiger partial charge in [0.05, 0.1) is 6.54 Å². The molecule has 2 heterocycles. The Labute approximate surface area is 167 Å². The molecule has 1 aromatic heterocycles. The number of ether oxygens (including phenoxy) is 1. The first-order valence-corrected chi connectivity index (χ1v) is 10.1. The zero-order chi connectivity index (χ0) is 19.9. The molecule has 152 valence electrons. The number of benzene rings is 1. The molecule has 0 amide bonds. The van der Waals surface area contributed by atoms with Crippen molar-refractivity contribution in [1.29, 1.82) is 0 Å². The number of nitrogens with one attached hydrogen (secondary N) is 2. The van der Waals surface area contributed by atoms with Crippen LogP contribution in [0.25, 0.3) is 0 Å². The molecule has 1 aliphatic rings. The largest absolute Gasteiger partial charge is 0.377 e. The van der Waals surface area contributed by atoms with E-state index >= 15 is 0 Å². The summed E-state index contributed by atoms with van der Waals surface area (Å²) >= 11 is 0. The molecule has 2 unspecified atom stereocenters. The average molecular weight is 385 g/mol. The summed E-state index contributed by atoms with van der Waals surface area (Å²) in [6.07, 6.45) is 1.93. The van der Waals surface area contributed by atoms with Crippen LogP contribution in [0.5, 0.6) is 0 Å². The average Bonchev–Trinajstić information content (AvgIpc) is 3.08. The van der Waals surface area contributed by atoms with Crippen molar-refractivity contribution in [1.82, 2.24) is 25.4 Å². The molecule has 28 heavy (non-hydrogen) atoms. The van der Waals surface area contributed by atoms with Crippen molar-refractivity contribution in [2.75, 3.05) is 20.2 Å². The molecule has 7 nitrogen and oxygen atoms in total. The van der Waals surface area contributed by atoms with Gasteiger partial charge in [-0.25, -0.2) is 9.67 Å². The molecular weight excluding hydrogens is 352 g/mol. The predicted molar refractivity (Wildman–Crippen MR) is 112 cm³/mol. The maximum absolute atomic E-state index is 5.14. The lowest BCUT2D eigenvalue weighted by Gasteiger charge is -2.25. The van der Waals surface area contributed by atoms with E-state index in [9.17, 15) is 0 Å². The van der Waals surface area contributed by atoms with Crippen molar-refractivity contribution in [2.24, 2.45) is 4.99 Å². The van der Waals surface area contributed by atoms with E-state index in [4.69, 9.17) is 9.73 Å². The maximum Gasteiger partial charge on any atom is 0.191 e. The summed E-state index contributed by atoms with van der Waals surface area (Å²) in [4.78, 5) is 9.37. The SMILES string of the molecule is CCNC(=NCC(C)c1ccc(C)cc1)NC1CCc2nc(COC)nn2C1. The van der Waals surface area contributed by atoms with Crippen LogP contribution < -0.4 is 10.6 Å². The Morgan fingerprint density at radius 1 is 1.36 bits per heavy atom. The first kappa shape index (κ1) is 20.3. The summed E-state index contributed by atoms with van der Waals surface area (Å²) in [6.45, 7) is 9.26. The zero-order valence-electron chi connectivity index (χ0n) is 17.4. The quantitative estimate of drug-likeness (QED) is 0.566. The highest BCUT2D eigenvalue weighted by Gasteiger charge is 2.22. The fraction of sp³-hybridized carbons (Fsp3) is 0.571. The molecule has 0 spiro atoms. The molecular formula is C21H32N6O. The second kappa shape index (κ2) is 9.68. The third-order valence-electron chi connectivity index (χ3n) is 5.03. The van der Waals surface area contributed by atoms with Gasteiger partial charge in [-0.3, -0.25) is 4.99 Å². The predicted octanol–water partition coefficient (Wildman–Crippen LogP) is 2.41. The molecule has 1 aromatic carbocycles. The van der Waals surface area contributed by atoms with E-state index in [0.29, 0.717) is 12.5 Å². The number of guanidine groups is 1. The molecule has 0 radical (unpaired) electrons. The molecule has 7 heteroatoms. The number of hydrogen-bond donors (Lipinski definition) is 2. The van der Waals surface area contributed by atoms with Crippen LogP contribution in [0.3, 0.4) is 0 Å². The Hall–Kier alpha value is -2.41. The number of aliphatic imine (C=N–C) groups is 1. The van der Waals surface area contributed by atoms with Crippen LogP contribution >= 0.6 is 0 Å². The second-order valence-electron chi connectivity index (χ2n) is 7.47. The van der Waals surface area contributed by atoms with Gasteiger partial charge >= 0.3 is 0 Å². The summed E-state index contributed by atoms with van der Waals surface area (Å²) in [5.41, 5.74) is 2.61.